The molecule has 6 heteroatoms. The summed E-state index contributed by atoms with van der Waals surface area (Å²) in [7, 11) is -3.37. The summed E-state index contributed by atoms with van der Waals surface area (Å²) in [6.07, 6.45) is 1.86. The Kier molecular flexibility index (Phi) is 4.32. The van der Waals surface area contributed by atoms with Crippen molar-refractivity contribution in [3.05, 3.63) is 65.2 Å². The maximum absolute atomic E-state index is 12.5. The molecular weight excluding hydrogens is 324 g/mol. The molecule has 2 aromatic carbocycles. The number of nitrogens with one attached hydrogen (secondary N) is 2. The van der Waals surface area contributed by atoms with E-state index in [1.54, 1.807) is 12.1 Å². The Hall–Kier alpha value is -2.34. The molecule has 0 saturated carbocycles. The van der Waals surface area contributed by atoms with E-state index in [0.29, 0.717) is 5.69 Å². The second-order valence-corrected chi connectivity index (χ2v) is 7.90. The number of carbonyl (C=O) groups is 1. The number of anilines is 1. The van der Waals surface area contributed by atoms with Crippen LogP contribution in [-0.2, 0) is 21.2 Å². The predicted octanol–water partition coefficient (Wildman–Crippen LogP) is 2.58. The minimum atomic E-state index is -3.37. The highest BCUT2D eigenvalue weighted by Crippen LogP contribution is 2.35. The van der Waals surface area contributed by atoms with Gasteiger partial charge in [0.2, 0.25) is 15.9 Å². The van der Waals surface area contributed by atoms with Crippen LogP contribution in [0.25, 0.3) is 0 Å². The number of rotatable bonds is 5. The lowest BCUT2D eigenvalue weighted by Crippen LogP contribution is -2.37. The highest BCUT2D eigenvalue weighted by molar-refractivity contribution is 7.92. The molecule has 1 aliphatic carbocycles. The molecule has 0 aromatic heterocycles. The Labute approximate surface area is 142 Å². The first-order valence-electron chi connectivity index (χ1n) is 7.80. The monoisotopic (exact) mass is 344 g/mol. The molecule has 126 valence electrons. The molecule has 3 rings (SSSR count). The minimum Gasteiger partial charge on any atom is -0.349 e. The van der Waals surface area contributed by atoms with Gasteiger partial charge in [0, 0.05) is 0 Å². The molecule has 1 aliphatic rings. The fourth-order valence-corrected chi connectivity index (χ4v) is 3.64. The third kappa shape index (κ3) is 3.43. The van der Waals surface area contributed by atoms with Crippen LogP contribution in [0.4, 0.5) is 5.69 Å². The predicted molar refractivity (Wildman–Crippen MR) is 94.4 cm³/mol. The summed E-state index contributed by atoms with van der Waals surface area (Å²) in [5.41, 5.74) is 3.51. The van der Waals surface area contributed by atoms with Crippen molar-refractivity contribution in [1.82, 2.24) is 5.32 Å². The zero-order valence-corrected chi connectivity index (χ0v) is 14.4. The Balaban J connectivity index is 1.74. The van der Waals surface area contributed by atoms with Crippen molar-refractivity contribution in [3.63, 3.8) is 0 Å². The average molecular weight is 344 g/mol. The SMILES string of the molecule is C[C@H](NC(=O)[C@H]1Cc2ccccc21)c1ccccc1NS(C)(=O)=O. The van der Waals surface area contributed by atoms with Gasteiger partial charge < -0.3 is 5.32 Å². The van der Waals surface area contributed by atoms with E-state index < -0.39 is 10.0 Å². The lowest BCUT2D eigenvalue weighted by Gasteiger charge is -2.30. The van der Waals surface area contributed by atoms with E-state index >= 15 is 0 Å². The van der Waals surface area contributed by atoms with Crippen LogP contribution in [0.1, 0.15) is 35.6 Å². The zero-order valence-electron chi connectivity index (χ0n) is 13.6. The van der Waals surface area contributed by atoms with Gasteiger partial charge in [-0.1, -0.05) is 42.5 Å². The number of sulfonamides is 1. The normalized spacial score (nSPS) is 17.3. The number of benzene rings is 2. The molecular formula is C18H20N2O3S. The van der Waals surface area contributed by atoms with Crippen molar-refractivity contribution in [2.75, 3.05) is 11.0 Å². The third-order valence-corrected chi connectivity index (χ3v) is 4.84. The lowest BCUT2D eigenvalue weighted by molar-refractivity contribution is -0.123. The molecule has 0 fully saturated rings. The van der Waals surface area contributed by atoms with Crippen molar-refractivity contribution >= 4 is 21.6 Å². The largest absolute Gasteiger partial charge is 0.349 e. The van der Waals surface area contributed by atoms with Gasteiger partial charge in [0.05, 0.1) is 23.9 Å². The lowest BCUT2D eigenvalue weighted by atomic mass is 9.77. The summed E-state index contributed by atoms with van der Waals surface area (Å²) >= 11 is 0. The van der Waals surface area contributed by atoms with Gasteiger partial charge in [-0.15, -0.1) is 0 Å². The van der Waals surface area contributed by atoms with Gasteiger partial charge in [-0.3, -0.25) is 9.52 Å². The second kappa shape index (κ2) is 6.28. The van der Waals surface area contributed by atoms with Crippen molar-refractivity contribution in [2.45, 2.75) is 25.3 Å². The summed E-state index contributed by atoms with van der Waals surface area (Å²) in [4.78, 5) is 12.5. The first kappa shape index (κ1) is 16.5. The van der Waals surface area contributed by atoms with Crippen LogP contribution in [0, 0.1) is 0 Å². The molecule has 0 saturated heterocycles. The van der Waals surface area contributed by atoms with E-state index in [1.165, 1.54) is 5.56 Å². The van der Waals surface area contributed by atoms with Gasteiger partial charge in [-0.2, -0.15) is 0 Å². The van der Waals surface area contributed by atoms with Crippen LogP contribution < -0.4 is 10.0 Å². The molecule has 0 radical (unpaired) electrons. The number of amides is 1. The molecule has 0 bridgehead atoms. The first-order chi connectivity index (χ1) is 11.3. The third-order valence-electron chi connectivity index (χ3n) is 4.25. The highest BCUT2D eigenvalue weighted by atomic mass is 32.2. The van der Waals surface area contributed by atoms with E-state index in [-0.39, 0.29) is 17.9 Å². The minimum absolute atomic E-state index is 0.0321. The van der Waals surface area contributed by atoms with Crippen LogP contribution in [0.3, 0.4) is 0 Å². The molecule has 0 heterocycles. The van der Waals surface area contributed by atoms with Crippen molar-refractivity contribution in [3.8, 4) is 0 Å². The summed E-state index contributed by atoms with van der Waals surface area (Å²) < 4.78 is 25.5. The Morgan fingerprint density at radius 2 is 1.79 bits per heavy atom. The molecule has 1 amide bonds. The average Bonchev–Trinajstić information content (AvgIpc) is 2.47. The summed E-state index contributed by atoms with van der Waals surface area (Å²) in [6.45, 7) is 1.85. The Morgan fingerprint density at radius 3 is 2.50 bits per heavy atom. The molecule has 5 nitrogen and oxygen atoms in total. The first-order valence-corrected chi connectivity index (χ1v) is 9.69. The van der Waals surface area contributed by atoms with Gasteiger partial charge in [0.25, 0.3) is 0 Å². The van der Waals surface area contributed by atoms with Crippen LogP contribution in [-0.4, -0.2) is 20.6 Å². The van der Waals surface area contributed by atoms with Gasteiger partial charge in [0.15, 0.2) is 0 Å². The highest BCUT2D eigenvalue weighted by Gasteiger charge is 2.32. The standard InChI is InChI=1S/C18H20N2O3S/c1-12(14-8-5-6-10-17(14)20-24(2,22)23)19-18(21)16-11-13-7-3-4-9-15(13)16/h3-10,12,16,20H,11H2,1-2H3,(H,19,21)/t12-,16-/m0/s1. The molecule has 24 heavy (non-hydrogen) atoms. The van der Waals surface area contributed by atoms with E-state index in [1.807, 2.05) is 43.3 Å². The summed E-state index contributed by atoms with van der Waals surface area (Å²) in [5, 5.41) is 2.99. The summed E-state index contributed by atoms with van der Waals surface area (Å²) in [6, 6.07) is 14.7. The number of para-hydroxylation sites is 1. The molecule has 2 N–H and O–H groups in total. The number of hydrogen-bond donors (Lipinski definition) is 2. The van der Waals surface area contributed by atoms with E-state index in [2.05, 4.69) is 10.0 Å². The molecule has 2 atom stereocenters. The van der Waals surface area contributed by atoms with E-state index in [9.17, 15) is 13.2 Å². The number of carbonyl (C=O) groups excluding carboxylic acids is 1. The van der Waals surface area contributed by atoms with Crippen LogP contribution in [0.5, 0.6) is 0 Å². The second-order valence-electron chi connectivity index (χ2n) is 6.15. The maximum atomic E-state index is 12.5. The van der Waals surface area contributed by atoms with E-state index in [0.717, 1.165) is 23.8 Å². The topological polar surface area (TPSA) is 75.3 Å². The molecule has 2 aromatic rings. The van der Waals surface area contributed by atoms with Crippen molar-refractivity contribution in [1.29, 1.82) is 0 Å². The van der Waals surface area contributed by atoms with Crippen LogP contribution in [0.15, 0.2) is 48.5 Å². The van der Waals surface area contributed by atoms with Crippen molar-refractivity contribution in [2.24, 2.45) is 0 Å². The Morgan fingerprint density at radius 1 is 1.12 bits per heavy atom. The fraction of sp³-hybridized carbons (Fsp3) is 0.278. The molecule has 0 unspecified atom stereocenters. The van der Waals surface area contributed by atoms with Crippen LogP contribution >= 0.6 is 0 Å². The van der Waals surface area contributed by atoms with Gasteiger partial charge >= 0.3 is 0 Å². The number of fused-ring (bicyclic) bond motifs is 1. The Bertz CT molecular complexity index is 877. The quantitative estimate of drug-likeness (QED) is 0.875. The summed E-state index contributed by atoms with van der Waals surface area (Å²) in [5.74, 6) is -0.158. The molecule has 0 spiro atoms. The molecule has 0 aliphatic heterocycles. The fourth-order valence-electron chi connectivity index (χ4n) is 3.05. The zero-order chi connectivity index (χ0) is 17.3. The van der Waals surface area contributed by atoms with Gasteiger partial charge in [0.1, 0.15) is 0 Å². The van der Waals surface area contributed by atoms with E-state index in [4.69, 9.17) is 0 Å². The van der Waals surface area contributed by atoms with Crippen LogP contribution in [0.2, 0.25) is 0 Å². The maximum Gasteiger partial charge on any atom is 0.229 e. The van der Waals surface area contributed by atoms with Gasteiger partial charge in [-0.05, 0) is 36.1 Å². The number of hydrogen-bond acceptors (Lipinski definition) is 3. The smallest absolute Gasteiger partial charge is 0.229 e. The van der Waals surface area contributed by atoms with Crippen molar-refractivity contribution < 1.29 is 13.2 Å². The van der Waals surface area contributed by atoms with Gasteiger partial charge in [-0.25, -0.2) is 8.42 Å².